The summed E-state index contributed by atoms with van der Waals surface area (Å²) >= 11 is -1.08. The molecule has 0 heterocycles. The molecule has 3 rings (SSSR count). The average Bonchev–Trinajstić information content (AvgIpc) is 2.97. The number of carbonyl (C=O) groups excluding carboxylic acids is 1. The van der Waals surface area contributed by atoms with E-state index >= 15 is 0 Å². The number of hydrogen-bond acceptors (Lipinski definition) is 7. The molecule has 0 saturated carbocycles. The SMILES string of the molecule is CCC[I-]ON([C@H](CCNC(=O)OCc1ccccc1)C(=O)O)S(=O)(=O)c1ccc(-c2ccc(OC)cc2)cc1. The van der Waals surface area contributed by atoms with Crippen molar-refractivity contribution in [2.24, 2.45) is 0 Å². The van der Waals surface area contributed by atoms with E-state index in [1.807, 2.05) is 37.3 Å². The molecule has 2 N–H and O–H groups in total. The summed E-state index contributed by atoms with van der Waals surface area (Å²) in [5, 5.41) is 12.4. The van der Waals surface area contributed by atoms with Crippen LogP contribution in [0, 0.1) is 0 Å². The average molecular weight is 684 g/mol. The van der Waals surface area contributed by atoms with Gasteiger partial charge in [0.1, 0.15) is 0 Å². The third-order valence-electron chi connectivity index (χ3n) is 5.63. The van der Waals surface area contributed by atoms with E-state index in [4.69, 9.17) is 12.6 Å². The van der Waals surface area contributed by atoms with E-state index in [1.165, 1.54) is 12.1 Å². The third kappa shape index (κ3) is 8.91. The Morgan fingerprint density at radius 2 is 1.60 bits per heavy atom. The van der Waals surface area contributed by atoms with Crippen molar-refractivity contribution in [2.75, 3.05) is 18.1 Å². The molecular formula is C28H32IN2O8S-. The molecule has 3 aromatic rings. The molecule has 0 aliphatic carbocycles. The van der Waals surface area contributed by atoms with Gasteiger partial charge in [0.2, 0.25) is 0 Å². The number of rotatable bonds is 15. The fraction of sp³-hybridized carbons (Fsp3) is 0.286. The Balaban J connectivity index is 1.72. The molecule has 0 saturated heterocycles. The summed E-state index contributed by atoms with van der Waals surface area (Å²) in [5.74, 6) is -0.692. The molecule has 12 heteroatoms. The van der Waals surface area contributed by atoms with Crippen LogP contribution in [0.15, 0.2) is 83.8 Å². The summed E-state index contributed by atoms with van der Waals surface area (Å²) in [4.78, 5) is 24.2. The Morgan fingerprint density at radius 1 is 0.975 bits per heavy atom. The monoisotopic (exact) mass is 683 g/mol. The second-order valence-electron chi connectivity index (χ2n) is 8.51. The standard InChI is InChI=1S/C28H32IN2O8S/c1-3-18-29-39-31(26(27(32)33)17-19-30-28(34)38-20-21-7-5-4-6-8-21)40(35,36)25-15-11-23(12-16-25)22-9-13-24(37-2)14-10-22/h4-16,26H,3,17-20H2,1-2H3,(H,30,34)(H,32,33)/q-1/t26-/m1/s1. The minimum absolute atomic E-state index is 0.0482. The van der Waals surface area contributed by atoms with Gasteiger partial charge in [0.05, 0.1) is 7.11 Å². The number of nitrogens with zero attached hydrogens (tertiary/aromatic N) is 1. The van der Waals surface area contributed by atoms with Gasteiger partial charge in [-0.3, -0.25) is 0 Å². The molecule has 40 heavy (non-hydrogen) atoms. The second-order valence-corrected chi connectivity index (χ2v) is 12.4. The first kappa shape index (κ1) is 31.3. The number of sulfonamides is 1. The van der Waals surface area contributed by atoms with Crippen LogP contribution in [-0.2, 0) is 29.3 Å². The van der Waals surface area contributed by atoms with E-state index in [9.17, 15) is 23.1 Å². The number of carboxylic acid groups (broad SMARTS) is 1. The number of benzene rings is 3. The first-order valence-electron chi connectivity index (χ1n) is 12.5. The number of alkyl carbamates (subject to hydrolysis) is 1. The summed E-state index contributed by atoms with van der Waals surface area (Å²) < 4.78 is 44.4. The Bertz CT molecular complexity index is 1340. The van der Waals surface area contributed by atoms with E-state index in [0.29, 0.717) is 14.6 Å². The molecule has 0 fully saturated rings. The van der Waals surface area contributed by atoms with E-state index in [0.717, 1.165) is 23.1 Å². The van der Waals surface area contributed by atoms with Crippen LogP contribution >= 0.6 is 0 Å². The Morgan fingerprint density at radius 3 is 2.17 bits per heavy atom. The molecule has 0 radical (unpaired) electrons. The predicted molar refractivity (Wildman–Crippen MR) is 144 cm³/mol. The van der Waals surface area contributed by atoms with E-state index < -0.39 is 49.7 Å². The molecule has 0 aliphatic heterocycles. The number of aliphatic carboxylic acids is 1. The van der Waals surface area contributed by atoms with Crippen molar-refractivity contribution >= 4 is 22.1 Å². The van der Waals surface area contributed by atoms with Crippen LogP contribution in [0.3, 0.4) is 0 Å². The van der Waals surface area contributed by atoms with Crippen molar-refractivity contribution in [3.8, 4) is 16.9 Å². The van der Waals surface area contributed by atoms with Crippen LogP contribution in [0.2, 0.25) is 0 Å². The number of halogens is 1. The quantitative estimate of drug-likeness (QED) is 0.107. The van der Waals surface area contributed by atoms with Crippen LogP contribution in [0.25, 0.3) is 11.1 Å². The number of methoxy groups -OCH3 is 1. The third-order valence-corrected chi connectivity index (χ3v) is 9.79. The van der Waals surface area contributed by atoms with E-state index in [1.54, 1.807) is 43.5 Å². The van der Waals surface area contributed by atoms with Gasteiger partial charge in [-0.2, -0.15) is 0 Å². The van der Waals surface area contributed by atoms with Crippen LogP contribution in [-0.4, -0.2) is 54.2 Å². The zero-order chi connectivity index (χ0) is 29.0. The van der Waals surface area contributed by atoms with Gasteiger partial charge >= 0.3 is 233 Å². The summed E-state index contributed by atoms with van der Waals surface area (Å²) in [6.45, 7) is 1.84. The van der Waals surface area contributed by atoms with Gasteiger partial charge in [-0.1, -0.05) is 6.07 Å². The van der Waals surface area contributed by atoms with Crippen LogP contribution in [0.4, 0.5) is 4.79 Å². The van der Waals surface area contributed by atoms with Gasteiger partial charge in [-0.25, -0.2) is 0 Å². The molecule has 0 aromatic heterocycles. The molecule has 216 valence electrons. The number of hydroxylamine groups is 1. The number of amides is 1. The summed E-state index contributed by atoms with van der Waals surface area (Å²) in [6.07, 6.45) is -0.199. The van der Waals surface area contributed by atoms with Crippen molar-refractivity contribution in [3.05, 3.63) is 84.4 Å². The fourth-order valence-corrected chi connectivity index (χ4v) is 6.90. The molecular weight excluding hydrogens is 651 g/mol. The van der Waals surface area contributed by atoms with Crippen LogP contribution in [0.5, 0.6) is 5.75 Å². The number of carboxylic acids is 1. The maximum atomic E-state index is 13.6. The number of carbonyl (C=O) groups is 2. The fourth-order valence-electron chi connectivity index (χ4n) is 3.52. The first-order valence-corrected chi connectivity index (χ1v) is 16.3. The molecule has 0 aliphatic rings. The number of nitrogens with one attached hydrogen (secondary N) is 1. The second kappa shape index (κ2) is 15.6. The zero-order valence-corrected chi connectivity index (χ0v) is 25.1. The van der Waals surface area contributed by atoms with Gasteiger partial charge < -0.3 is 0 Å². The van der Waals surface area contributed by atoms with Gasteiger partial charge in [0.25, 0.3) is 0 Å². The zero-order valence-electron chi connectivity index (χ0n) is 22.2. The van der Waals surface area contributed by atoms with Gasteiger partial charge in [0, 0.05) is 0 Å². The number of hydrogen-bond donors (Lipinski definition) is 2. The van der Waals surface area contributed by atoms with Crippen molar-refractivity contribution in [2.45, 2.75) is 37.3 Å². The maximum absolute atomic E-state index is 13.6. The predicted octanol–water partition coefficient (Wildman–Crippen LogP) is 1.47. The molecule has 0 spiro atoms. The Hall–Kier alpha value is -3.20. The number of ether oxygens (including phenoxy) is 2. The summed E-state index contributed by atoms with van der Waals surface area (Å²) in [5.41, 5.74) is 2.44. The minimum atomic E-state index is -4.34. The summed E-state index contributed by atoms with van der Waals surface area (Å²) in [7, 11) is -2.77. The van der Waals surface area contributed by atoms with Gasteiger partial charge in [-0.15, -0.1) is 0 Å². The topological polar surface area (TPSA) is 131 Å². The van der Waals surface area contributed by atoms with E-state index in [-0.39, 0.29) is 24.5 Å². The molecule has 1 amide bonds. The Labute approximate surface area is 245 Å². The van der Waals surface area contributed by atoms with E-state index in [2.05, 4.69) is 5.32 Å². The van der Waals surface area contributed by atoms with Gasteiger partial charge in [-0.05, 0) is 0 Å². The van der Waals surface area contributed by atoms with Crippen molar-refractivity contribution in [1.29, 1.82) is 0 Å². The van der Waals surface area contributed by atoms with Crippen LogP contribution in [0.1, 0.15) is 25.3 Å². The molecule has 10 nitrogen and oxygen atoms in total. The molecule has 3 aromatic carbocycles. The first-order chi connectivity index (χ1) is 19.3. The van der Waals surface area contributed by atoms with Crippen LogP contribution < -0.4 is 31.7 Å². The van der Waals surface area contributed by atoms with Crippen molar-refractivity contribution < 1.29 is 57.4 Å². The molecule has 0 bridgehead atoms. The molecule has 0 unspecified atom stereocenters. The summed E-state index contributed by atoms with van der Waals surface area (Å²) in [6, 6.07) is 21.0. The number of alkyl halides is 1. The Kier molecular flexibility index (Phi) is 12.2. The molecule has 1 atom stereocenters. The normalized spacial score (nSPS) is 12.2. The van der Waals surface area contributed by atoms with Crippen molar-refractivity contribution in [1.82, 2.24) is 9.79 Å². The van der Waals surface area contributed by atoms with Crippen molar-refractivity contribution in [3.63, 3.8) is 0 Å². The van der Waals surface area contributed by atoms with Gasteiger partial charge in [0.15, 0.2) is 0 Å².